The highest BCUT2D eigenvalue weighted by Gasteiger charge is 2.67. The zero-order chi connectivity index (χ0) is 17.1. The van der Waals surface area contributed by atoms with E-state index in [-0.39, 0.29) is 15.9 Å². The second-order valence-corrected chi connectivity index (χ2v) is 4.93. The maximum Gasteiger partial charge on any atom is 0.464 e. The SMILES string of the molecule is COC(=O)[C@](NC(C)=O)(Nc1[nH+]cc(Cl)cc1Cl)C(F)(F)F. The fourth-order valence-electron chi connectivity index (χ4n) is 1.54. The van der Waals surface area contributed by atoms with Gasteiger partial charge in [0.05, 0.1) is 12.1 Å². The summed E-state index contributed by atoms with van der Waals surface area (Å²) in [5.74, 6) is -3.27. The number of halogens is 5. The van der Waals surface area contributed by atoms with Crippen LogP contribution in [0.4, 0.5) is 19.0 Å². The van der Waals surface area contributed by atoms with E-state index in [1.54, 1.807) is 0 Å². The van der Waals surface area contributed by atoms with Gasteiger partial charge in [-0.3, -0.25) is 10.1 Å². The zero-order valence-electron chi connectivity index (χ0n) is 11.3. The number of pyridine rings is 1. The van der Waals surface area contributed by atoms with Crippen molar-refractivity contribution in [2.75, 3.05) is 12.4 Å². The second-order valence-electron chi connectivity index (χ2n) is 4.09. The van der Waals surface area contributed by atoms with E-state index >= 15 is 0 Å². The first-order chi connectivity index (χ1) is 10.0. The molecule has 0 saturated carbocycles. The van der Waals surface area contributed by atoms with Gasteiger partial charge in [0.15, 0.2) is 0 Å². The van der Waals surface area contributed by atoms with Gasteiger partial charge in [0.25, 0.3) is 5.82 Å². The minimum absolute atomic E-state index is 0.130. The number of esters is 1. The second kappa shape index (κ2) is 6.57. The first kappa shape index (κ1) is 18.3. The summed E-state index contributed by atoms with van der Waals surface area (Å²) in [7, 11) is 0.750. The van der Waals surface area contributed by atoms with E-state index in [0.717, 1.165) is 26.3 Å². The summed E-state index contributed by atoms with van der Waals surface area (Å²) in [6.07, 6.45) is -4.08. The number of nitrogens with one attached hydrogen (secondary N) is 3. The number of ether oxygens (including phenoxy) is 1. The van der Waals surface area contributed by atoms with Gasteiger partial charge in [0.1, 0.15) is 11.2 Å². The molecule has 6 nitrogen and oxygen atoms in total. The van der Waals surface area contributed by atoms with Crippen LogP contribution in [-0.2, 0) is 14.3 Å². The molecule has 122 valence electrons. The number of carbonyl (C=O) groups excluding carboxylic acids is 2. The van der Waals surface area contributed by atoms with Crippen LogP contribution in [0.15, 0.2) is 12.3 Å². The van der Waals surface area contributed by atoms with E-state index in [4.69, 9.17) is 23.2 Å². The Labute approximate surface area is 132 Å². The van der Waals surface area contributed by atoms with Gasteiger partial charge in [0.2, 0.25) is 5.91 Å². The number of hydrogen-bond acceptors (Lipinski definition) is 4. The monoisotopic (exact) mass is 360 g/mol. The van der Waals surface area contributed by atoms with Crippen LogP contribution in [-0.4, -0.2) is 30.8 Å². The van der Waals surface area contributed by atoms with Gasteiger partial charge in [-0.25, -0.2) is 15.1 Å². The van der Waals surface area contributed by atoms with Crippen molar-refractivity contribution in [3.63, 3.8) is 0 Å². The molecular formula is C11H11Cl2F3N3O3+. The Kier molecular flexibility index (Phi) is 5.47. The topological polar surface area (TPSA) is 81.6 Å². The third kappa shape index (κ3) is 3.72. The molecule has 1 heterocycles. The van der Waals surface area contributed by atoms with Crippen LogP contribution < -0.4 is 15.6 Å². The number of anilines is 1. The number of aromatic nitrogens is 1. The quantitative estimate of drug-likeness (QED) is 0.633. The fourth-order valence-corrected chi connectivity index (χ4v) is 1.98. The number of H-pyrrole nitrogens is 1. The zero-order valence-corrected chi connectivity index (χ0v) is 12.8. The van der Waals surface area contributed by atoms with Crippen LogP contribution in [0.25, 0.3) is 0 Å². The van der Waals surface area contributed by atoms with Gasteiger partial charge < -0.3 is 4.74 Å². The Morgan fingerprint density at radius 1 is 1.32 bits per heavy atom. The van der Waals surface area contributed by atoms with Crippen LogP contribution in [0.2, 0.25) is 10.0 Å². The van der Waals surface area contributed by atoms with E-state index < -0.39 is 23.7 Å². The normalized spacial score (nSPS) is 14.0. The fraction of sp³-hybridized carbons (Fsp3) is 0.364. The highest BCUT2D eigenvalue weighted by molar-refractivity contribution is 6.35. The molecule has 0 bridgehead atoms. The maximum atomic E-state index is 13.4. The molecular weight excluding hydrogens is 350 g/mol. The first-order valence-electron chi connectivity index (χ1n) is 5.62. The van der Waals surface area contributed by atoms with Crippen LogP contribution >= 0.6 is 23.2 Å². The summed E-state index contributed by atoms with van der Waals surface area (Å²) < 4.78 is 44.4. The minimum atomic E-state index is -5.22. The van der Waals surface area contributed by atoms with Crippen molar-refractivity contribution in [2.24, 2.45) is 0 Å². The molecule has 0 aliphatic heterocycles. The largest absolute Gasteiger partial charge is 0.464 e. The molecule has 0 saturated heterocycles. The predicted octanol–water partition coefficient (Wildman–Crippen LogP) is 1.79. The number of alkyl halides is 3. The standard InChI is InChI=1S/C11H10Cl2F3N3O3/c1-5(20)18-10(9(21)22-2,11(14,15)16)19-8-7(13)3-6(12)4-17-8/h3-4H,1-2H3,(H,17,19)(H,18,20)/p+1/t10-/m0/s1. The lowest BCUT2D eigenvalue weighted by Crippen LogP contribution is -2.69. The van der Waals surface area contributed by atoms with Gasteiger partial charge in [-0.1, -0.05) is 23.2 Å². The van der Waals surface area contributed by atoms with Crippen LogP contribution in [0.3, 0.4) is 0 Å². The van der Waals surface area contributed by atoms with Crippen molar-refractivity contribution in [1.82, 2.24) is 5.32 Å². The smallest absolute Gasteiger partial charge is 0.464 e. The molecule has 22 heavy (non-hydrogen) atoms. The number of rotatable bonds is 4. The molecule has 1 amide bonds. The van der Waals surface area contributed by atoms with Gasteiger partial charge in [-0.05, 0) is 6.07 Å². The Bertz CT molecular complexity index is 598. The molecule has 0 fully saturated rings. The highest BCUT2D eigenvalue weighted by atomic mass is 35.5. The summed E-state index contributed by atoms with van der Waals surface area (Å²) in [4.78, 5) is 25.2. The molecule has 11 heteroatoms. The van der Waals surface area contributed by atoms with Crippen LogP contribution in [0.5, 0.6) is 0 Å². The van der Waals surface area contributed by atoms with E-state index in [9.17, 15) is 22.8 Å². The molecule has 0 unspecified atom stereocenters. The summed E-state index contributed by atoms with van der Waals surface area (Å²) in [6.45, 7) is 0.818. The minimum Gasteiger partial charge on any atom is -0.464 e. The Morgan fingerprint density at radius 2 is 1.91 bits per heavy atom. The number of carbonyl (C=O) groups is 2. The van der Waals surface area contributed by atoms with E-state index in [2.05, 4.69) is 9.72 Å². The Morgan fingerprint density at radius 3 is 2.32 bits per heavy atom. The molecule has 0 spiro atoms. The van der Waals surface area contributed by atoms with Crippen molar-refractivity contribution < 1.29 is 32.5 Å². The Hall–Kier alpha value is -1.74. The molecule has 1 atom stereocenters. The van der Waals surface area contributed by atoms with E-state index in [0.29, 0.717) is 0 Å². The molecule has 0 aliphatic carbocycles. The summed E-state index contributed by atoms with van der Waals surface area (Å²) >= 11 is 11.4. The molecule has 1 aromatic heterocycles. The summed E-state index contributed by atoms with van der Waals surface area (Å²) in [6, 6.07) is 1.15. The molecule has 0 radical (unpaired) electrons. The van der Waals surface area contributed by atoms with E-state index in [1.165, 1.54) is 5.32 Å². The highest BCUT2D eigenvalue weighted by Crippen LogP contribution is 2.34. The van der Waals surface area contributed by atoms with Gasteiger partial charge in [-0.2, -0.15) is 13.2 Å². The van der Waals surface area contributed by atoms with Crippen molar-refractivity contribution in [3.05, 3.63) is 22.3 Å². The number of aromatic amines is 1. The van der Waals surface area contributed by atoms with Crippen LogP contribution in [0.1, 0.15) is 6.92 Å². The Balaban J connectivity index is 3.41. The van der Waals surface area contributed by atoms with Crippen LogP contribution in [0, 0.1) is 0 Å². The maximum absolute atomic E-state index is 13.4. The average Bonchev–Trinajstić information content (AvgIpc) is 2.38. The van der Waals surface area contributed by atoms with Crippen molar-refractivity contribution in [3.8, 4) is 0 Å². The lowest BCUT2D eigenvalue weighted by molar-refractivity contribution is -0.362. The summed E-state index contributed by atoms with van der Waals surface area (Å²) in [5.41, 5.74) is -3.51. The number of methoxy groups -OCH3 is 1. The lowest BCUT2D eigenvalue weighted by Gasteiger charge is -2.30. The van der Waals surface area contributed by atoms with Gasteiger partial charge in [0, 0.05) is 6.92 Å². The average molecular weight is 361 g/mol. The third-order valence-electron chi connectivity index (χ3n) is 2.45. The molecule has 0 aliphatic rings. The van der Waals surface area contributed by atoms with Crippen molar-refractivity contribution in [2.45, 2.75) is 18.8 Å². The molecule has 0 aromatic carbocycles. The van der Waals surface area contributed by atoms with Gasteiger partial charge >= 0.3 is 17.8 Å². The van der Waals surface area contributed by atoms with Crippen molar-refractivity contribution in [1.29, 1.82) is 0 Å². The third-order valence-corrected chi connectivity index (χ3v) is 2.97. The molecule has 1 rings (SSSR count). The molecule has 3 N–H and O–H groups in total. The lowest BCUT2D eigenvalue weighted by atomic mass is 10.1. The van der Waals surface area contributed by atoms with E-state index in [1.807, 2.05) is 5.32 Å². The van der Waals surface area contributed by atoms with Gasteiger partial charge in [-0.15, -0.1) is 0 Å². The number of amides is 1. The predicted molar refractivity (Wildman–Crippen MR) is 71.3 cm³/mol. The first-order valence-corrected chi connectivity index (χ1v) is 6.38. The summed E-state index contributed by atoms with van der Waals surface area (Å²) in [5, 5.41) is 3.25. The van der Waals surface area contributed by atoms with Crippen molar-refractivity contribution >= 4 is 40.9 Å². The number of hydrogen-bond donors (Lipinski definition) is 2. The molecule has 1 aromatic rings.